The number of rotatable bonds is 3. The van der Waals surface area contributed by atoms with E-state index in [0.29, 0.717) is 23.3 Å². The van der Waals surface area contributed by atoms with Crippen LogP contribution in [0.5, 0.6) is 0 Å². The summed E-state index contributed by atoms with van der Waals surface area (Å²) in [5.41, 5.74) is 0.395. The van der Waals surface area contributed by atoms with Crippen LogP contribution >= 0.6 is 15.9 Å². The molecule has 0 aromatic rings. The minimum Gasteiger partial charge on any atom is -0.353 e. The molecule has 2 aliphatic carbocycles. The third-order valence-corrected chi connectivity index (χ3v) is 6.59. The maximum absolute atomic E-state index is 12.6. The Morgan fingerprint density at radius 3 is 2.24 bits per heavy atom. The van der Waals surface area contributed by atoms with Crippen molar-refractivity contribution in [1.29, 1.82) is 0 Å². The Bertz CT molecular complexity index is 342. The van der Waals surface area contributed by atoms with Crippen molar-refractivity contribution in [2.24, 2.45) is 23.2 Å². The summed E-state index contributed by atoms with van der Waals surface area (Å²) < 4.78 is 0. The second-order valence-electron chi connectivity index (χ2n) is 8.23. The number of carbonyl (C=O) groups is 1. The third-order valence-electron chi connectivity index (χ3n) is 5.76. The summed E-state index contributed by atoms with van der Waals surface area (Å²) in [6, 6.07) is 0.408. The molecule has 2 rings (SSSR count). The summed E-state index contributed by atoms with van der Waals surface area (Å²) in [6.45, 7) is 7.00. The fourth-order valence-electron chi connectivity index (χ4n) is 4.10. The Labute approximate surface area is 139 Å². The average molecular weight is 358 g/mol. The van der Waals surface area contributed by atoms with Crippen molar-refractivity contribution in [3.05, 3.63) is 0 Å². The molecule has 122 valence electrons. The van der Waals surface area contributed by atoms with Crippen LogP contribution in [0.4, 0.5) is 0 Å². The Kier molecular flexibility index (Phi) is 6.16. The molecule has 1 N–H and O–H groups in total. The topological polar surface area (TPSA) is 29.1 Å². The van der Waals surface area contributed by atoms with Gasteiger partial charge in [-0.05, 0) is 55.8 Å². The number of nitrogens with one attached hydrogen (secondary N) is 1. The summed E-state index contributed by atoms with van der Waals surface area (Å²) >= 11 is 3.62. The van der Waals surface area contributed by atoms with Gasteiger partial charge in [0, 0.05) is 17.3 Å². The van der Waals surface area contributed by atoms with Crippen LogP contribution < -0.4 is 5.32 Å². The zero-order valence-electron chi connectivity index (χ0n) is 14.0. The molecule has 0 aromatic carbocycles. The SMILES string of the molecule is CC(C)(C)C1CCC(C(=O)NC2CCCCC2CBr)CC1. The average Bonchev–Trinajstić information content (AvgIpc) is 2.47. The van der Waals surface area contributed by atoms with Crippen molar-refractivity contribution in [3.63, 3.8) is 0 Å². The van der Waals surface area contributed by atoms with E-state index in [0.717, 1.165) is 24.1 Å². The second-order valence-corrected chi connectivity index (χ2v) is 8.88. The summed E-state index contributed by atoms with van der Waals surface area (Å²) in [4.78, 5) is 12.6. The highest BCUT2D eigenvalue weighted by molar-refractivity contribution is 9.09. The van der Waals surface area contributed by atoms with Gasteiger partial charge in [0.05, 0.1) is 0 Å². The molecule has 2 atom stereocenters. The van der Waals surface area contributed by atoms with Crippen LogP contribution in [0.1, 0.15) is 72.1 Å². The molecule has 1 amide bonds. The number of halogens is 1. The fourth-order valence-corrected chi connectivity index (χ4v) is 4.88. The van der Waals surface area contributed by atoms with E-state index in [9.17, 15) is 4.79 Å². The van der Waals surface area contributed by atoms with E-state index in [1.807, 2.05) is 0 Å². The highest BCUT2D eigenvalue weighted by Crippen LogP contribution is 2.40. The van der Waals surface area contributed by atoms with Crippen molar-refractivity contribution < 1.29 is 4.79 Å². The molecule has 2 fully saturated rings. The van der Waals surface area contributed by atoms with Gasteiger partial charge >= 0.3 is 0 Å². The van der Waals surface area contributed by atoms with Gasteiger partial charge in [0.15, 0.2) is 0 Å². The molecular formula is C18H32BrNO. The zero-order chi connectivity index (χ0) is 15.5. The minimum absolute atomic E-state index is 0.265. The molecule has 21 heavy (non-hydrogen) atoms. The minimum atomic E-state index is 0.265. The molecule has 0 spiro atoms. The van der Waals surface area contributed by atoms with Gasteiger partial charge in [0.1, 0.15) is 0 Å². The third kappa shape index (κ3) is 4.71. The van der Waals surface area contributed by atoms with Crippen LogP contribution in [0, 0.1) is 23.2 Å². The number of alkyl halides is 1. The van der Waals surface area contributed by atoms with Crippen LogP contribution in [-0.4, -0.2) is 17.3 Å². The Balaban J connectivity index is 1.82. The van der Waals surface area contributed by atoms with E-state index in [1.165, 1.54) is 38.5 Å². The van der Waals surface area contributed by atoms with Crippen LogP contribution in [0.25, 0.3) is 0 Å². The molecule has 0 heterocycles. The highest BCUT2D eigenvalue weighted by atomic mass is 79.9. The summed E-state index contributed by atoms with van der Waals surface area (Å²) in [5.74, 6) is 2.02. The molecule has 0 saturated heterocycles. The van der Waals surface area contributed by atoms with E-state index < -0.39 is 0 Å². The van der Waals surface area contributed by atoms with Crippen molar-refractivity contribution in [2.45, 2.75) is 78.2 Å². The molecule has 2 unspecified atom stereocenters. The van der Waals surface area contributed by atoms with E-state index in [2.05, 4.69) is 42.0 Å². The van der Waals surface area contributed by atoms with E-state index in [-0.39, 0.29) is 5.92 Å². The molecule has 0 radical (unpaired) electrons. The lowest BCUT2D eigenvalue weighted by Gasteiger charge is -2.37. The zero-order valence-corrected chi connectivity index (χ0v) is 15.5. The predicted octanol–water partition coefficient (Wildman–Crippen LogP) is 4.91. The summed E-state index contributed by atoms with van der Waals surface area (Å²) in [6.07, 6.45) is 9.61. The fraction of sp³-hybridized carbons (Fsp3) is 0.944. The maximum atomic E-state index is 12.6. The van der Waals surface area contributed by atoms with Crippen molar-refractivity contribution >= 4 is 21.8 Å². The smallest absolute Gasteiger partial charge is 0.223 e. The molecule has 2 saturated carbocycles. The molecule has 0 aromatic heterocycles. The van der Waals surface area contributed by atoms with Crippen LogP contribution in [-0.2, 0) is 4.79 Å². The van der Waals surface area contributed by atoms with Gasteiger partial charge in [-0.3, -0.25) is 4.79 Å². The molecule has 2 aliphatic rings. The van der Waals surface area contributed by atoms with Crippen LogP contribution in [0.3, 0.4) is 0 Å². The molecule has 3 heteroatoms. The quantitative estimate of drug-likeness (QED) is 0.714. The van der Waals surface area contributed by atoms with Gasteiger partial charge in [-0.1, -0.05) is 49.5 Å². The van der Waals surface area contributed by atoms with Crippen molar-refractivity contribution in [3.8, 4) is 0 Å². The van der Waals surface area contributed by atoms with Crippen LogP contribution in [0.15, 0.2) is 0 Å². The second kappa shape index (κ2) is 7.48. The highest BCUT2D eigenvalue weighted by Gasteiger charge is 2.34. The first kappa shape index (κ1) is 17.3. The first-order valence-corrected chi connectivity index (χ1v) is 9.90. The van der Waals surface area contributed by atoms with Crippen molar-refractivity contribution in [2.75, 3.05) is 5.33 Å². The normalized spacial score (nSPS) is 34.5. The van der Waals surface area contributed by atoms with Crippen molar-refractivity contribution in [1.82, 2.24) is 5.32 Å². The first-order chi connectivity index (χ1) is 9.91. The van der Waals surface area contributed by atoms with E-state index in [1.54, 1.807) is 0 Å². The van der Waals surface area contributed by atoms with Gasteiger partial charge in [0.25, 0.3) is 0 Å². The standard InChI is InChI=1S/C18H32BrNO/c1-18(2,3)15-10-8-13(9-11-15)17(21)20-16-7-5-4-6-14(16)12-19/h13-16H,4-12H2,1-3H3,(H,20,21). The molecule has 0 aliphatic heterocycles. The number of hydrogen-bond donors (Lipinski definition) is 1. The Morgan fingerprint density at radius 2 is 1.67 bits per heavy atom. The molecule has 0 bridgehead atoms. The lowest BCUT2D eigenvalue weighted by Crippen LogP contribution is -2.46. The largest absolute Gasteiger partial charge is 0.353 e. The number of carbonyl (C=O) groups excluding carboxylic acids is 1. The Morgan fingerprint density at radius 1 is 1.05 bits per heavy atom. The molecule has 2 nitrogen and oxygen atoms in total. The van der Waals surface area contributed by atoms with Gasteiger partial charge in [-0.2, -0.15) is 0 Å². The van der Waals surface area contributed by atoms with E-state index >= 15 is 0 Å². The van der Waals surface area contributed by atoms with Gasteiger partial charge in [0.2, 0.25) is 5.91 Å². The number of amides is 1. The summed E-state index contributed by atoms with van der Waals surface area (Å²) in [7, 11) is 0. The molecular weight excluding hydrogens is 326 g/mol. The van der Waals surface area contributed by atoms with E-state index in [4.69, 9.17) is 0 Å². The monoisotopic (exact) mass is 357 g/mol. The lowest BCUT2D eigenvalue weighted by atomic mass is 9.69. The lowest BCUT2D eigenvalue weighted by molar-refractivity contribution is -0.127. The Hall–Kier alpha value is -0.0500. The number of hydrogen-bond acceptors (Lipinski definition) is 1. The first-order valence-electron chi connectivity index (χ1n) is 8.78. The predicted molar refractivity (Wildman–Crippen MR) is 92.6 cm³/mol. The summed E-state index contributed by atoms with van der Waals surface area (Å²) in [5, 5.41) is 4.40. The van der Waals surface area contributed by atoms with Gasteiger partial charge in [-0.15, -0.1) is 0 Å². The van der Waals surface area contributed by atoms with Gasteiger partial charge in [-0.25, -0.2) is 0 Å². The maximum Gasteiger partial charge on any atom is 0.223 e. The van der Waals surface area contributed by atoms with Crippen LogP contribution in [0.2, 0.25) is 0 Å². The van der Waals surface area contributed by atoms with Gasteiger partial charge < -0.3 is 5.32 Å².